The molecular weight excluding hydrogens is 264 g/mol. The molecule has 3 N–H and O–H groups in total. The molecule has 2 aliphatic rings. The average Bonchev–Trinajstić information content (AvgIpc) is 2.72. The lowest BCUT2D eigenvalue weighted by molar-refractivity contribution is -0.145. The van der Waals surface area contributed by atoms with Crippen LogP contribution in [0.4, 0.5) is 0 Å². The molecule has 2 heterocycles. The number of nitrogens with two attached hydrogens (primary N) is 1. The van der Waals surface area contributed by atoms with Gasteiger partial charge in [0.05, 0.1) is 11.8 Å². The number of β-lactam (4-membered cyclic amide) rings is 1. The fraction of sp³-hybridized carbons (Fsp3) is 0.231. The van der Waals surface area contributed by atoms with Gasteiger partial charge < -0.3 is 10.8 Å². The molecule has 1 fully saturated rings. The quantitative estimate of drug-likeness (QED) is 0.811. The highest BCUT2D eigenvalue weighted by Crippen LogP contribution is 2.50. The average molecular weight is 276 g/mol. The largest absolute Gasteiger partial charge is 0.477 e. The molecule has 1 saturated heterocycles. The first-order chi connectivity index (χ1) is 9.11. The van der Waals surface area contributed by atoms with E-state index in [0.29, 0.717) is 17.9 Å². The van der Waals surface area contributed by atoms with Gasteiger partial charge in [-0.2, -0.15) is 0 Å². The van der Waals surface area contributed by atoms with Crippen molar-refractivity contribution in [3.63, 3.8) is 0 Å². The van der Waals surface area contributed by atoms with E-state index in [9.17, 15) is 14.7 Å². The molecule has 0 saturated carbocycles. The van der Waals surface area contributed by atoms with E-state index >= 15 is 0 Å². The van der Waals surface area contributed by atoms with Gasteiger partial charge in [0.15, 0.2) is 0 Å². The highest BCUT2D eigenvalue weighted by atomic mass is 32.2. The number of carboxylic acids is 1. The third-order valence-corrected chi connectivity index (χ3v) is 4.56. The minimum Gasteiger partial charge on any atom is -0.477 e. The summed E-state index contributed by atoms with van der Waals surface area (Å²) >= 11 is 1.44. The van der Waals surface area contributed by atoms with Crippen molar-refractivity contribution in [1.82, 2.24) is 4.90 Å². The van der Waals surface area contributed by atoms with Gasteiger partial charge >= 0.3 is 5.97 Å². The predicted octanol–water partition coefficient (Wildman–Crippen LogP) is 1.20. The van der Waals surface area contributed by atoms with Gasteiger partial charge in [0.1, 0.15) is 5.70 Å². The van der Waals surface area contributed by atoms with Crippen molar-refractivity contribution in [3.8, 4) is 0 Å². The van der Waals surface area contributed by atoms with Gasteiger partial charge in [-0.1, -0.05) is 30.0 Å². The molecular formula is C13H12N2O3S. The smallest absolute Gasteiger partial charge is 0.353 e. The minimum atomic E-state index is -1.06. The molecule has 0 spiro atoms. The molecule has 0 unspecified atom stereocenters. The molecule has 98 valence electrons. The lowest BCUT2D eigenvalue weighted by Crippen LogP contribution is -2.48. The topological polar surface area (TPSA) is 83.6 Å². The van der Waals surface area contributed by atoms with Gasteiger partial charge in [0, 0.05) is 11.4 Å². The SMILES string of the molecule is NCc1cccc(C2=C(C(=O)O)N3C(=O)C[C@@H]3S2)c1. The second-order valence-corrected chi connectivity index (χ2v) is 5.62. The normalized spacial score (nSPS) is 21.4. The first-order valence-corrected chi connectivity index (χ1v) is 6.75. The number of carbonyl (C=O) groups excluding carboxylic acids is 1. The van der Waals surface area contributed by atoms with Gasteiger partial charge in [0.25, 0.3) is 0 Å². The van der Waals surface area contributed by atoms with Crippen molar-refractivity contribution in [2.75, 3.05) is 0 Å². The van der Waals surface area contributed by atoms with Crippen LogP contribution in [0.1, 0.15) is 17.5 Å². The van der Waals surface area contributed by atoms with Crippen LogP contribution in [-0.2, 0) is 16.1 Å². The summed E-state index contributed by atoms with van der Waals surface area (Å²) in [4.78, 5) is 24.9. The number of fused-ring (bicyclic) bond motifs is 1. The van der Waals surface area contributed by atoms with Gasteiger partial charge in [-0.25, -0.2) is 4.79 Å². The van der Waals surface area contributed by atoms with Gasteiger partial charge in [-0.3, -0.25) is 9.69 Å². The summed E-state index contributed by atoms with van der Waals surface area (Å²) in [5.74, 6) is -1.18. The molecule has 2 aliphatic heterocycles. The Labute approximate surface area is 114 Å². The maximum absolute atomic E-state index is 11.5. The fourth-order valence-corrected chi connectivity index (χ4v) is 3.68. The molecule has 1 aromatic rings. The second-order valence-electron chi connectivity index (χ2n) is 4.43. The van der Waals surface area contributed by atoms with Crippen LogP contribution in [-0.4, -0.2) is 27.3 Å². The fourth-order valence-electron chi connectivity index (χ4n) is 2.30. The number of thioether (sulfide) groups is 1. The molecule has 1 aromatic carbocycles. The Morgan fingerprint density at radius 1 is 1.53 bits per heavy atom. The maximum Gasteiger partial charge on any atom is 0.353 e. The molecule has 0 bridgehead atoms. The molecule has 6 heteroatoms. The van der Waals surface area contributed by atoms with Crippen molar-refractivity contribution >= 4 is 28.5 Å². The number of rotatable bonds is 3. The van der Waals surface area contributed by atoms with Crippen molar-refractivity contribution in [3.05, 3.63) is 41.1 Å². The summed E-state index contributed by atoms with van der Waals surface area (Å²) in [6, 6.07) is 7.47. The van der Waals surface area contributed by atoms with E-state index in [1.54, 1.807) is 0 Å². The van der Waals surface area contributed by atoms with E-state index in [2.05, 4.69) is 0 Å². The Bertz CT molecular complexity index is 612. The summed E-state index contributed by atoms with van der Waals surface area (Å²) in [6.07, 6.45) is 0.404. The summed E-state index contributed by atoms with van der Waals surface area (Å²) < 4.78 is 0. The molecule has 3 rings (SSSR count). The molecule has 0 aliphatic carbocycles. The summed E-state index contributed by atoms with van der Waals surface area (Å²) in [7, 11) is 0. The van der Waals surface area contributed by atoms with Crippen molar-refractivity contribution in [1.29, 1.82) is 0 Å². The van der Waals surface area contributed by atoms with Crippen LogP contribution in [0, 0.1) is 0 Å². The zero-order valence-electron chi connectivity index (χ0n) is 10.00. The van der Waals surface area contributed by atoms with Crippen LogP contribution in [0.5, 0.6) is 0 Å². The Kier molecular flexibility index (Phi) is 2.83. The minimum absolute atomic E-state index is 0.0601. The van der Waals surface area contributed by atoms with E-state index in [1.807, 2.05) is 24.3 Å². The van der Waals surface area contributed by atoms with Crippen LogP contribution in [0.2, 0.25) is 0 Å². The van der Waals surface area contributed by atoms with Crippen molar-refractivity contribution in [2.24, 2.45) is 5.73 Å². The van der Waals surface area contributed by atoms with E-state index in [1.165, 1.54) is 16.7 Å². The molecule has 0 radical (unpaired) electrons. The Balaban J connectivity index is 2.08. The standard InChI is InChI=1S/C13H12N2O3S/c14-6-7-2-1-3-8(4-7)12-11(13(17)18)15-9(16)5-10(15)19-12/h1-4,10H,5-6,14H2,(H,17,18)/t10-/m0/s1. The number of aliphatic carboxylic acids is 1. The van der Waals surface area contributed by atoms with Crippen LogP contribution < -0.4 is 5.73 Å². The third-order valence-electron chi connectivity index (χ3n) is 3.24. The molecule has 0 aromatic heterocycles. The molecule has 1 amide bonds. The zero-order chi connectivity index (χ0) is 13.6. The summed E-state index contributed by atoms with van der Waals surface area (Å²) in [6.45, 7) is 0.403. The number of carboxylic acid groups (broad SMARTS) is 1. The van der Waals surface area contributed by atoms with Gasteiger partial charge in [0.2, 0.25) is 5.91 Å². The first kappa shape index (κ1) is 12.3. The number of amides is 1. The van der Waals surface area contributed by atoms with Crippen molar-refractivity contribution in [2.45, 2.75) is 18.3 Å². The maximum atomic E-state index is 11.5. The first-order valence-electron chi connectivity index (χ1n) is 5.87. The van der Waals surface area contributed by atoms with Crippen LogP contribution in [0.3, 0.4) is 0 Å². The lowest BCUT2D eigenvalue weighted by Gasteiger charge is -2.33. The monoisotopic (exact) mass is 276 g/mol. The van der Waals surface area contributed by atoms with Gasteiger partial charge in [-0.15, -0.1) is 0 Å². The number of carbonyl (C=O) groups is 2. The molecule has 5 nitrogen and oxygen atoms in total. The number of hydrogen-bond donors (Lipinski definition) is 2. The lowest BCUT2D eigenvalue weighted by atomic mass is 10.1. The van der Waals surface area contributed by atoms with Crippen LogP contribution in [0.25, 0.3) is 4.91 Å². The second kappa shape index (κ2) is 4.40. The van der Waals surface area contributed by atoms with E-state index in [4.69, 9.17) is 5.73 Å². The van der Waals surface area contributed by atoms with E-state index in [0.717, 1.165) is 11.1 Å². The Hall–Kier alpha value is -1.79. The molecule has 19 heavy (non-hydrogen) atoms. The summed E-state index contributed by atoms with van der Waals surface area (Å²) in [5.41, 5.74) is 7.45. The predicted molar refractivity (Wildman–Crippen MR) is 71.7 cm³/mol. The third kappa shape index (κ3) is 1.84. The Morgan fingerprint density at radius 3 is 2.95 bits per heavy atom. The van der Waals surface area contributed by atoms with Gasteiger partial charge in [-0.05, 0) is 17.2 Å². The zero-order valence-corrected chi connectivity index (χ0v) is 10.8. The highest BCUT2D eigenvalue weighted by molar-refractivity contribution is 8.09. The number of hydrogen-bond acceptors (Lipinski definition) is 4. The van der Waals surface area contributed by atoms with Crippen LogP contribution in [0.15, 0.2) is 30.0 Å². The number of nitrogens with zero attached hydrogens (tertiary/aromatic N) is 1. The Morgan fingerprint density at radius 2 is 2.32 bits per heavy atom. The van der Waals surface area contributed by atoms with E-state index < -0.39 is 5.97 Å². The van der Waals surface area contributed by atoms with E-state index in [-0.39, 0.29) is 17.0 Å². The molecule has 1 atom stereocenters. The van der Waals surface area contributed by atoms with Crippen molar-refractivity contribution < 1.29 is 14.7 Å². The number of benzene rings is 1. The summed E-state index contributed by atoms with van der Waals surface area (Å²) in [5, 5.41) is 9.26. The van der Waals surface area contributed by atoms with Crippen LogP contribution >= 0.6 is 11.8 Å². The highest BCUT2D eigenvalue weighted by Gasteiger charge is 2.48.